The minimum atomic E-state index is -1.03. The van der Waals surface area contributed by atoms with Gasteiger partial charge in [0, 0.05) is 17.5 Å². The molecule has 150 valence electrons. The molecule has 0 saturated carbocycles. The molecule has 0 aliphatic carbocycles. The lowest BCUT2D eigenvalue weighted by Crippen LogP contribution is -2.03. The normalized spacial score (nSPS) is 10.6. The van der Waals surface area contributed by atoms with E-state index in [1.807, 2.05) is 32.0 Å². The fourth-order valence-corrected chi connectivity index (χ4v) is 2.98. The van der Waals surface area contributed by atoms with Crippen LogP contribution in [0.15, 0.2) is 54.6 Å². The van der Waals surface area contributed by atoms with Gasteiger partial charge in [0.05, 0.1) is 11.6 Å². The largest absolute Gasteiger partial charge is 0.478 e. The van der Waals surface area contributed by atoms with Gasteiger partial charge in [-0.05, 0) is 85.1 Å². The van der Waals surface area contributed by atoms with Crippen molar-refractivity contribution in [3.63, 3.8) is 0 Å². The van der Waals surface area contributed by atoms with Crippen LogP contribution in [0.5, 0.6) is 0 Å². The van der Waals surface area contributed by atoms with Crippen molar-refractivity contribution in [3.05, 3.63) is 82.7 Å². The molecule has 0 bridgehead atoms. The van der Waals surface area contributed by atoms with Gasteiger partial charge in [0.1, 0.15) is 5.82 Å². The summed E-state index contributed by atoms with van der Waals surface area (Å²) in [5, 5.41) is 23.7. The highest BCUT2D eigenvalue weighted by Crippen LogP contribution is 2.28. The molecule has 0 fully saturated rings. The molecule has 0 atom stereocenters. The SMILES string of the molecule is Cc1cc(C=CC#N)cc(C)c1Nc1ccc(F)c(Nc2ccc(C(=O)O)cc2)n1. The number of aromatic nitrogens is 1. The van der Waals surface area contributed by atoms with Gasteiger partial charge in [0.15, 0.2) is 11.6 Å². The average molecular weight is 402 g/mol. The zero-order valence-electron chi connectivity index (χ0n) is 16.4. The third-order valence-electron chi connectivity index (χ3n) is 4.40. The first kappa shape index (κ1) is 20.6. The number of carboxylic acids is 1. The number of halogens is 1. The van der Waals surface area contributed by atoms with E-state index in [0.717, 1.165) is 22.4 Å². The second-order valence-corrected chi connectivity index (χ2v) is 6.65. The molecule has 7 heteroatoms. The molecule has 3 aromatic rings. The van der Waals surface area contributed by atoms with E-state index in [9.17, 15) is 9.18 Å². The van der Waals surface area contributed by atoms with Gasteiger partial charge in [-0.1, -0.05) is 0 Å². The van der Waals surface area contributed by atoms with Crippen LogP contribution >= 0.6 is 0 Å². The monoisotopic (exact) mass is 402 g/mol. The Balaban J connectivity index is 1.84. The van der Waals surface area contributed by atoms with Crippen LogP contribution < -0.4 is 10.6 Å². The number of aromatic carboxylic acids is 1. The number of carboxylic acid groups (broad SMARTS) is 1. The van der Waals surface area contributed by atoms with Crippen LogP contribution in [0.3, 0.4) is 0 Å². The zero-order chi connectivity index (χ0) is 21.7. The maximum atomic E-state index is 14.3. The molecule has 0 aliphatic heterocycles. The first-order valence-electron chi connectivity index (χ1n) is 9.08. The van der Waals surface area contributed by atoms with Crippen LogP contribution in [0.4, 0.5) is 27.4 Å². The quantitative estimate of drug-likeness (QED) is 0.467. The Morgan fingerprint density at radius 3 is 2.37 bits per heavy atom. The number of benzene rings is 2. The molecule has 1 heterocycles. The lowest BCUT2D eigenvalue weighted by atomic mass is 10.0. The predicted octanol–water partition coefficient (Wildman–Crippen LogP) is 5.56. The van der Waals surface area contributed by atoms with E-state index in [2.05, 4.69) is 15.6 Å². The number of anilines is 4. The molecule has 3 N–H and O–H groups in total. The Kier molecular flexibility index (Phi) is 6.08. The van der Waals surface area contributed by atoms with Crippen molar-refractivity contribution >= 4 is 35.1 Å². The molecule has 1 aromatic heterocycles. The summed E-state index contributed by atoms with van der Waals surface area (Å²) in [5.74, 6) is -1.09. The van der Waals surface area contributed by atoms with Crippen LogP contribution in [-0.4, -0.2) is 16.1 Å². The average Bonchev–Trinajstić information content (AvgIpc) is 2.72. The summed E-state index contributed by atoms with van der Waals surface area (Å²) < 4.78 is 14.3. The summed E-state index contributed by atoms with van der Waals surface area (Å²) in [6.45, 7) is 3.87. The topological polar surface area (TPSA) is 98.0 Å². The number of rotatable bonds is 6. The number of aryl methyl sites for hydroxylation is 2. The molecule has 0 spiro atoms. The molecule has 30 heavy (non-hydrogen) atoms. The standard InChI is InChI=1S/C23H19FN4O2/c1-14-12-16(4-3-11-25)13-15(2)21(14)27-20-10-9-19(24)22(28-20)26-18-7-5-17(6-8-18)23(29)30/h3-10,12-13H,1-2H3,(H,29,30)(H2,26,27,28). The summed E-state index contributed by atoms with van der Waals surface area (Å²) in [5.41, 5.74) is 4.33. The Morgan fingerprint density at radius 1 is 1.10 bits per heavy atom. The number of nitrogens with one attached hydrogen (secondary N) is 2. The Morgan fingerprint density at radius 2 is 1.77 bits per heavy atom. The molecule has 3 rings (SSSR count). The van der Waals surface area contributed by atoms with Crippen LogP contribution in [0.2, 0.25) is 0 Å². The number of carbonyl (C=O) groups is 1. The molecule has 0 unspecified atom stereocenters. The first-order valence-corrected chi connectivity index (χ1v) is 9.08. The Hall–Kier alpha value is -4.18. The maximum absolute atomic E-state index is 14.3. The summed E-state index contributed by atoms with van der Waals surface area (Å²) in [7, 11) is 0. The molecule has 0 aliphatic rings. The van der Waals surface area contributed by atoms with Crippen LogP contribution in [0.1, 0.15) is 27.0 Å². The lowest BCUT2D eigenvalue weighted by Gasteiger charge is -2.15. The minimum Gasteiger partial charge on any atom is -0.478 e. The van der Waals surface area contributed by atoms with Gasteiger partial charge in [-0.2, -0.15) is 5.26 Å². The number of allylic oxidation sites excluding steroid dienone is 1. The highest BCUT2D eigenvalue weighted by molar-refractivity contribution is 5.88. The third kappa shape index (κ3) is 4.80. The molecular formula is C23H19FN4O2. The van der Waals surface area contributed by atoms with Gasteiger partial charge in [0.25, 0.3) is 0 Å². The molecule has 6 nitrogen and oxygen atoms in total. The fourth-order valence-electron chi connectivity index (χ4n) is 2.98. The van der Waals surface area contributed by atoms with Gasteiger partial charge < -0.3 is 15.7 Å². The molecule has 0 saturated heterocycles. The third-order valence-corrected chi connectivity index (χ3v) is 4.40. The summed E-state index contributed by atoms with van der Waals surface area (Å²) >= 11 is 0. The van der Waals surface area contributed by atoms with Gasteiger partial charge in [-0.15, -0.1) is 0 Å². The first-order chi connectivity index (χ1) is 14.4. The second-order valence-electron chi connectivity index (χ2n) is 6.65. The van der Waals surface area contributed by atoms with Crippen molar-refractivity contribution in [3.8, 4) is 6.07 Å². The molecular weight excluding hydrogens is 383 g/mol. The van der Waals surface area contributed by atoms with Crippen molar-refractivity contribution in [1.29, 1.82) is 5.26 Å². The minimum absolute atomic E-state index is 0.0203. The van der Waals surface area contributed by atoms with E-state index in [0.29, 0.717) is 11.5 Å². The van der Waals surface area contributed by atoms with E-state index in [4.69, 9.17) is 10.4 Å². The Bertz CT molecular complexity index is 1140. The number of hydrogen-bond donors (Lipinski definition) is 3. The maximum Gasteiger partial charge on any atom is 0.335 e. The number of nitrogens with zero attached hydrogens (tertiary/aromatic N) is 2. The smallest absolute Gasteiger partial charge is 0.335 e. The van der Waals surface area contributed by atoms with E-state index >= 15 is 0 Å². The van der Waals surface area contributed by atoms with E-state index < -0.39 is 11.8 Å². The van der Waals surface area contributed by atoms with Crippen LogP contribution in [0.25, 0.3) is 6.08 Å². The van der Waals surface area contributed by atoms with Crippen LogP contribution in [-0.2, 0) is 0 Å². The van der Waals surface area contributed by atoms with E-state index in [-0.39, 0.29) is 11.4 Å². The van der Waals surface area contributed by atoms with Crippen molar-refractivity contribution in [1.82, 2.24) is 4.98 Å². The van der Waals surface area contributed by atoms with Crippen molar-refractivity contribution < 1.29 is 14.3 Å². The van der Waals surface area contributed by atoms with Gasteiger partial charge in [0.2, 0.25) is 0 Å². The molecule has 2 aromatic carbocycles. The zero-order valence-corrected chi connectivity index (χ0v) is 16.4. The number of hydrogen-bond acceptors (Lipinski definition) is 5. The summed E-state index contributed by atoms with van der Waals surface area (Å²) in [6, 6.07) is 14.7. The molecule has 0 amide bonds. The van der Waals surface area contributed by atoms with Crippen molar-refractivity contribution in [2.24, 2.45) is 0 Å². The van der Waals surface area contributed by atoms with E-state index in [1.54, 1.807) is 18.2 Å². The van der Waals surface area contributed by atoms with Crippen LogP contribution in [0, 0.1) is 31.0 Å². The Labute approximate surface area is 173 Å². The summed E-state index contributed by atoms with van der Waals surface area (Å²) in [4.78, 5) is 15.3. The van der Waals surface area contributed by atoms with E-state index in [1.165, 1.54) is 30.3 Å². The highest BCUT2D eigenvalue weighted by Gasteiger charge is 2.10. The predicted molar refractivity (Wildman–Crippen MR) is 115 cm³/mol. The number of nitriles is 1. The van der Waals surface area contributed by atoms with Crippen molar-refractivity contribution in [2.75, 3.05) is 10.6 Å². The van der Waals surface area contributed by atoms with Crippen molar-refractivity contribution in [2.45, 2.75) is 13.8 Å². The van der Waals surface area contributed by atoms with Gasteiger partial charge in [-0.3, -0.25) is 0 Å². The second kappa shape index (κ2) is 8.88. The summed E-state index contributed by atoms with van der Waals surface area (Å²) in [6.07, 6.45) is 3.15. The van der Waals surface area contributed by atoms with Gasteiger partial charge in [-0.25, -0.2) is 14.2 Å². The number of pyridine rings is 1. The highest BCUT2D eigenvalue weighted by atomic mass is 19.1. The lowest BCUT2D eigenvalue weighted by molar-refractivity contribution is 0.0697. The molecule has 0 radical (unpaired) electrons. The van der Waals surface area contributed by atoms with Gasteiger partial charge >= 0.3 is 5.97 Å². The fraction of sp³-hybridized carbons (Fsp3) is 0.0870.